The highest BCUT2D eigenvalue weighted by molar-refractivity contribution is 7.71. The van der Waals surface area contributed by atoms with Crippen LogP contribution in [0.4, 0.5) is 0 Å². The first-order valence-electron chi connectivity index (χ1n) is 5.24. The van der Waals surface area contributed by atoms with Gasteiger partial charge >= 0.3 is 4.84 Å². The van der Waals surface area contributed by atoms with Gasteiger partial charge in [0.2, 0.25) is 0 Å². The van der Waals surface area contributed by atoms with E-state index in [9.17, 15) is 0 Å². The molecule has 6 heteroatoms. The summed E-state index contributed by atoms with van der Waals surface area (Å²) in [6.45, 7) is 2.85. The van der Waals surface area contributed by atoms with E-state index in [2.05, 4.69) is 15.0 Å². The minimum absolute atomic E-state index is 0.0141. The van der Waals surface area contributed by atoms with E-state index in [1.165, 1.54) is 19.4 Å². The van der Waals surface area contributed by atoms with Crippen molar-refractivity contribution in [2.75, 3.05) is 19.7 Å². The van der Waals surface area contributed by atoms with Crippen molar-refractivity contribution < 1.29 is 9.26 Å². The molecule has 0 aromatic carbocycles. The van der Waals surface area contributed by atoms with Crippen LogP contribution in [0.3, 0.4) is 0 Å². The van der Waals surface area contributed by atoms with Crippen LogP contribution in [0.1, 0.15) is 24.8 Å². The summed E-state index contributed by atoms with van der Waals surface area (Å²) in [6, 6.07) is 0.608. The predicted octanol–water partition coefficient (Wildman–Crippen LogP) is 1.27. The molecule has 15 heavy (non-hydrogen) atoms. The van der Waals surface area contributed by atoms with Gasteiger partial charge in [-0.05, 0) is 31.6 Å². The third-order valence-electron chi connectivity index (χ3n) is 3.15. The molecule has 1 aromatic heterocycles. The summed E-state index contributed by atoms with van der Waals surface area (Å²) < 4.78 is 10.7. The number of H-pyrrole nitrogens is 1. The maximum absolute atomic E-state index is 5.75. The zero-order chi connectivity index (χ0) is 10.3. The second-order valence-electron chi connectivity index (χ2n) is 4.08. The van der Waals surface area contributed by atoms with Gasteiger partial charge in [-0.2, -0.15) is 4.98 Å². The number of nitrogens with one attached hydrogen (secondary N) is 1. The molecule has 2 atom stereocenters. The molecule has 3 rings (SSSR count). The van der Waals surface area contributed by atoms with Crippen LogP contribution in [0.25, 0.3) is 0 Å². The Morgan fingerprint density at radius 1 is 1.53 bits per heavy atom. The van der Waals surface area contributed by atoms with Gasteiger partial charge < -0.3 is 9.26 Å². The standard InChI is InChI=1S/C9H13N3O2S/c15-9-10-8(11-14-9)7-4-12-3-1-2-6(12)5-13-7/h6-7H,1-5H2,(H,10,11,15). The first-order valence-corrected chi connectivity index (χ1v) is 5.65. The molecule has 2 fully saturated rings. The number of hydrogen-bond donors (Lipinski definition) is 1. The second kappa shape index (κ2) is 3.70. The van der Waals surface area contributed by atoms with Crippen LogP contribution < -0.4 is 0 Å². The van der Waals surface area contributed by atoms with Crippen LogP contribution >= 0.6 is 12.2 Å². The molecule has 0 aliphatic carbocycles. The van der Waals surface area contributed by atoms with Crippen LogP contribution in [-0.4, -0.2) is 40.8 Å². The lowest BCUT2D eigenvalue weighted by Gasteiger charge is -2.33. The number of fused-ring (bicyclic) bond motifs is 1. The zero-order valence-corrected chi connectivity index (χ0v) is 9.13. The Labute approximate surface area is 92.4 Å². The number of morpholine rings is 1. The van der Waals surface area contributed by atoms with Crippen LogP contribution in [0.15, 0.2) is 4.52 Å². The SMILES string of the molecule is S=c1nc(C2CN3CCCC3CO2)[nH]o1. The summed E-state index contributed by atoms with van der Waals surface area (Å²) in [5.41, 5.74) is 0. The number of nitrogens with zero attached hydrogens (tertiary/aromatic N) is 2. The molecular weight excluding hydrogens is 214 g/mol. The van der Waals surface area contributed by atoms with E-state index in [0.717, 1.165) is 13.2 Å². The van der Waals surface area contributed by atoms with Crippen LogP contribution in [0, 0.1) is 4.84 Å². The molecule has 2 unspecified atom stereocenters. The van der Waals surface area contributed by atoms with Crippen LogP contribution in [0.2, 0.25) is 0 Å². The third-order valence-corrected chi connectivity index (χ3v) is 3.32. The van der Waals surface area contributed by atoms with E-state index >= 15 is 0 Å². The minimum Gasteiger partial charge on any atom is -0.367 e. The van der Waals surface area contributed by atoms with E-state index in [-0.39, 0.29) is 10.9 Å². The average molecular weight is 227 g/mol. The van der Waals surface area contributed by atoms with Crippen molar-refractivity contribution in [2.45, 2.75) is 25.0 Å². The van der Waals surface area contributed by atoms with E-state index in [1.807, 2.05) is 0 Å². The molecule has 3 heterocycles. The first kappa shape index (κ1) is 9.50. The summed E-state index contributed by atoms with van der Waals surface area (Å²) in [5, 5.41) is 2.71. The number of aromatic amines is 1. The Hall–Kier alpha value is -0.720. The Balaban J connectivity index is 1.76. The fourth-order valence-electron chi connectivity index (χ4n) is 2.36. The van der Waals surface area contributed by atoms with Crippen molar-refractivity contribution in [3.8, 4) is 0 Å². The lowest BCUT2D eigenvalue weighted by molar-refractivity contribution is -0.0548. The smallest absolute Gasteiger partial charge is 0.314 e. The predicted molar refractivity (Wildman–Crippen MR) is 55.0 cm³/mol. The summed E-state index contributed by atoms with van der Waals surface area (Å²) in [4.78, 5) is 6.79. The molecule has 2 saturated heterocycles. The van der Waals surface area contributed by atoms with Gasteiger partial charge in [-0.3, -0.25) is 4.90 Å². The molecule has 1 aromatic rings. The molecule has 5 nitrogen and oxygen atoms in total. The van der Waals surface area contributed by atoms with E-state index in [0.29, 0.717) is 11.9 Å². The molecule has 2 aliphatic rings. The van der Waals surface area contributed by atoms with Gasteiger partial charge in [0.05, 0.1) is 6.61 Å². The van der Waals surface area contributed by atoms with Crippen molar-refractivity contribution in [1.82, 2.24) is 15.0 Å². The van der Waals surface area contributed by atoms with Gasteiger partial charge in [-0.1, -0.05) is 0 Å². The number of rotatable bonds is 1. The van der Waals surface area contributed by atoms with Crippen molar-refractivity contribution >= 4 is 12.2 Å². The van der Waals surface area contributed by atoms with Crippen LogP contribution in [0.5, 0.6) is 0 Å². The lowest BCUT2D eigenvalue weighted by atomic mass is 10.2. The molecular formula is C9H13N3O2S. The average Bonchev–Trinajstić information content (AvgIpc) is 2.84. The van der Waals surface area contributed by atoms with E-state index < -0.39 is 0 Å². The first-order chi connectivity index (χ1) is 7.33. The van der Waals surface area contributed by atoms with Crippen molar-refractivity contribution in [1.29, 1.82) is 0 Å². The Kier molecular flexibility index (Phi) is 2.34. The van der Waals surface area contributed by atoms with E-state index in [4.69, 9.17) is 21.5 Å². The van der Waals surface area contributed by atoms with Gasteiger partial charge in [-0.25, -0.2) is 5.16 Å². The highest BCUT2D eigenvalue weighted by atomic mass is 32.1. The fraction of sp³-hybridized carbons (Fsp3) is 0.778. The number of ether oxygens (including phenoxy) is 1. The van der Waals surface area contributed by atoms with Gasteiger partial charge in [0, 0.05) is 12.6 Å². The number of hydrogen-bond acceptors (Lipinski definition) is 5. The molecule has 0 saturated carbocycles. The van der Waals surface area contributed by atoms with Crippen molar-refractivity contribution in [3.63, 3.8) is 0 Å². The van der Waals surface area contributed by atoms with Crippen molar-refractivity contribution in [2.24, 2.45) is 0 Å². The molecule has 0 amide bonds. The summed E-state index contributed by atoms with van der Waals surface area (Å²) >= 11 is 4.82. The highest BCUT2D eigenvalue weighted by Gasteiger charge is 2.34. The lowest BCUT2D eigenvalue weighted by Crippen LogP contribution is -2.42. The summed E-state index contributed by atoms with van der Waals surface area (Å²) in [7, 11) is 0. The topological polar surface area (TPSA) is 54.3 Å². The Morgan fingerprint density at radius 3 is 3.27 bits per heavy atom. The maximum Gasteiger partial charge on any atom is 0.314 e. The molecule has 2 aliphatic heterocycles. The fourth-order valence-corrected chi connectivity index (χ4v) is 2.50. The molecule has 0 radical (unpaired) electrons. The van der Waals surface area contributed by atoms with Gasteiger partial charge in [0.15, 0.2) is 5.82 Å². The largest absolute Gasteiger partial charge is 0.367 e. The van der Waals surface area contributed by atoms with Gasteiger partial charge in [0.1, 0.15) is 6.10 Å². The van der Waals surface area contributed by atoms with Gasteiger partial charge in [0.25, 0.3) is 0 Å². The zero-order valence-electron chi connectivity index (χ0n) is 8.31. The highest BCUT2D eigenvalue weighted by Crippen LogP contribution is 2.28. The Bertz CT molecular complexity index is 402. The van der Waals surface area contributed by atoms with Crippen LogP contribution in [-0.2, 0) is 4.74 Å². The summed E-state index contributed by atoms with van der Waals surface area (Å²) in [6.07, 6.45) is 2.51. The normalized spacial score (nSPS) is 31.7. The van der Waals surface area contributed by atoms with Gasteiger partial charge in [-0.15, -0.1) is 0 Å². The Morgan fingerprint density at radius 2 is 2.47 bits per heavy atom. The van der Waals surface area contributed by atoms with Crippen molar-refractivity contribution in [3.05, 3.63) is 10.7 Å². The molecule has 0 bridgehead atoms. The minimum atomic E-state index is -0.0141. The second-order valence-corrected chi connectivity index (χ2v) is 4.43. The molecule has 0 spiro atoms. The molecule has 1 N–H and O–H groups in total. The quantitative estimate of drug-likeness (QED) is 0.732. The summed E-state index contributed by atoms with van der Waals surface area (Å²) in [5.74, 6) is 0.713. The maximum atomic E-state index is 5.75. The molecule has 82 valence electrons. The number of aromatic nitrogens is 2. The van der Waals surface area contributed by atoms with E-state index in [1.54, 1.807) is 0 Å². The third kappa shape index (κ3) is 1.73. The monoisotopic (exact) mass is 227 g/mol.